The Kier molecular flexibility index (Phi) is 23.3. The van der Waals surface area contributed by atoms with Gasteiger partial charge in [-0.2, -0.15) is 0 Å². The van der Waals surface area contributed by atoms with Crippen LogP contribution in [-0.4, -0.2) is 153 Å². The van der Waals surface area contributed by atoms with E-state index < -0.39 is 108 Å². The number of aliphatic carboxylic acids is 1. The lowest BCUT2D eigenvalue weighted by molar-refractivity contribution is -0.146. The molecule has 8 atom stereocenters. The molecule has 1 saturated heterocycles. The standard InChI is InChI=1S/C55H67N11O11S2/c1-66(46(68)30-67)47-54(75)63-43(27-35-19-9-4-10-20-35)52(73)64-45(55(76)77)32-79-78-31-38(57)48(69)60-41(25-33-15-5-2-6-16-33)50(71)61-42(26-34-17-7-3-8-18-34)51(72)62-44(28-36-29-58-39-22-12-11-21-37(36)39)53(74)59-40(49(70)65-47)23-13-14-24-56/h2-12,15-22,29,38,40-45,47,58,67H,13-14,23-28,30-32,56-57H2,1H3,(H,59,74)(H,60,69)(H,61,71)(H,62,72)(H,63,75)(H,64,73)(H,65,70)(H,76,77)/t38-,40-,41-,42-,43-,44+,45-,47+/m0/s1. The normalized spacial score (nSPS) is 22.7. The number of amides is 8. The van der Waals surface area contributed by atoms with E-state index in [1.807, 2.05) is 18.2 Å². The number of aromatic amines is 1. The number of benzene rings is 4. The van der Waals surface area contributed by atoms with Crippen molar-refractivity contribution in [3.63, 3.8) is 0 Å². The van der Waals surface area contributed by atoms with Gasteiger partial charge in [-0.1, -0.05) is 131 Å². The van der Waals surface area contributed by atoms with Crippen LogP contribution in [0.25, 0.3) is 10.9 Å². The molecule has 420 valence electrons. The van der Waals surface area contributed by atoms with E-state index in [1.54, 1.807) is 103 Å². The first-order valence-electron chi connectivity index (χ1n) is 25.6. The fraction of sp³-hybridized carbons (Fsp3) is 0.364. The summed E-state index contributed by atoms with van der Waals surface area (Å²) >= 11 is 0. The topological polar surface area (TPSA) is 349 Å². The van der Waals surface area contributed by atoms with Crippen LogP contribution in [-0.2, 0) is 68.8 Å². The zero-order valence-electron chi connectivity index (χ0n) is 43.4. The zero-order valence-corrected chi connectivity index (χ0v) is 45.1. The summed E-state index contributed by atoms with van der Waals surface area (Å²) in [5, 5.41) is 39.6. The number of carbonyl (C=O) groups is 9. The number of nitrogens with one attached hydrogen (secondary N) is 8. The first-order valence-corrected chi connectivity index (χ1v) is 28.1. The van der Waals surface area contributed by atoms with Crippen LogP contribution in [0, 0.1) is 0 Å². The molecular formula is C55H67N11O11S2. The van der Waals surface area contributed by atoms with Crippen LogP contribution in [0.1, 0.15) is 41.5 Å². The Morgan fingerprint density at radius 1 is 0.557 bits per heavy atom. The Morgan fingerprint density at radius 3 is 1.52 bits per heavy atom. The van der Waals surface area contributed by atoms with Gasteiger partial charge in [-0.25, -0.2) is 4.79 Å². The van der Waals surface area contributed by atoms with Gasteiger partial charge in [0.15, 0.2) is 6.17 Å². The Hall–Kier alpha value is -7.77. The number of carboxylic acid groups (broad SMARTS) is 1. The van der Waals surface area contributed by atoms with Crippen molar-refractivity contribution in [3.05, 3.63) is 144 Å². The van der Waals surface area contributed by atoms with Crippen LogP contribution in [0.2, 0.25) is 0 Å². The van der Waals surface area contributed by atoms with Gasteiger partial charge in [0.2, 0.25) is 41.4 Å². The summed E-state index contributed by atoms with van der Waals surface area (Å²) in [5.41, 5.74) is 15.4. The van der Waals surface area contributed by atoms with Crippen molar-refractivity contribution in [3.8, 4) is 0 Å². The van der Waals surface area contributed by atoms with Gasteiger partial charge >= 0.3 is 5.97 Å². The molecular weight excluding hydrogens is 1050 g/mol. The molecule has 0 radical (unpaired) electrons. The number of carbonyl (C=O) groups excluding carboxylic acids is 8. The third kappa shape index (κ3) is 18.1. The van der Waals surface area contributed by atoms with E-state index in [0.717, 1.165) is 44.4 Å². The lowest BCUT2D eigenvalue weighted by Crippen LogP contribution is -2.64. The fourth-order valence-electron chi connectivity index (χ4n) is 8.60. The average molecular weight is 1120 g/mol. The van der Waals surface area contributed by atoms with E-state index in [2.05, 4.69) is 42.2 Å². The van der Waals surface area contributed by atoms with Crippen molar-refractivity contribution in [1.82, 2.24) is 47.1 Å². The molecule has 1 aromatic heterocycles. The number of carboxylic acids is 1. The number of aromatic nitrogens is 1. The molecule has 5 aromatic rings. The lowest BCUT2D eigenvalue weighted by atomic mass is 10.00. The summed E-state index contributed by atoms with van der Waals surface area (Å²) in [6.45, 7) is -0.885. The second kappa shape index (κ2) is 30.4. The number of rotatable bonds is 15. The first-order chi connectivity index (χ1) is 38.0. The lowest BCUT2D eigenvalue weighted by Gasteiger charge is -2.31. The molecule has 1 fully saturated rings. The molecule has 1 aliphatic rings. The minimum atomic E-state index is -1.93. The van der Waals surface area contributed by atoms with Gasteiger partial charge in [-0.3, -0.25) is 38.4 Å². The average Bonchev–Trinajstić information content (AvgIpc) is 3.87. The fourth-order valence-corrected chi connectivity index (χ4v) is 10.9. The van der Waals surface area contributed by atoms with Gasteiger partial charge in [-0.15, -0.1) is 0 Å². The number of unbranched alkanes of at least 4 members (excludes halogenated alkanes) is 1. The molecule has 1 aliphatic heterocycles. The predicted molar refractivity (Wildman–Crippen MR) is 299 cm³/mol. The Morgan fingerprint density at radius 2 is 1.00 bits per heavy atom. The molecule has 14 N–H and O–H groups in total. The summed E-state index contributed by atoms with van der Waals surface area (Å²) < 4.78 is 0. The maximum atomic E-state index is 14.9. The number of hydrogen-bond acceptors (Lipinski definition) is 14. The van der Waals surface area contributed by atoms with Crippen molar-refractivity contribution in [1.29, 1.82) is 0 Å². The molecule has 0 aliphatic carbocycles. The molecule has 79 heavy (non-hydrogen) atoms. The monoisotopic (exact) mass is 1120 g/mol. The maximum Gasteiger partial charge on any atom is 0.327 e. The molecule has 22 nitrogen and oxygen atoms in total. The van der Waals surface area contributed by atoms with Crippen LogP contribution >= 0.6 is 21.6 Å². The largest absolute Gasteiger partial charge is 0.480 e. The second-order valence-electron chi connectivity index (χ2n) is 18.9. The van der Waals surface area contributed by atoms with Gasteiger partial charge in [0, 0.05) is 61.3 Å². The highest BCUT2D eigenvalue weighted by atomic mass is 33.1. The number of fused-ring (bicyclic) bond motifs is 1. The molecule has 6 rings (SSSR count). The highest BCUT2D eigenvalue weighted by Gasteiger charge is 2.37. The second-order valence-corrected chi connectivity index (χ2v) is 21.4. The van der Waals surface area contributed by atoms with E-state index in [1.165, 1.54) is 0 Å². The molecule has 0 spiro atoms. The Bertz CT molecular complexity index is 2880. The van der Waals surface area contributed by atoms with Gasteiger partial charge in [0.25, 0.3) is 5.91 Å². The molecule has 0 saturated carbocycles. The van der Waals surface area contributed by atoms with Crippen molar-refractivity contribution >= 4 is 85.7 Å². The number of aliphatic hydroxyl groups is 1. The molecule has 0 bridgehead atoms. The van der Waals surface area contributed by atoms with E-state index in [0.29, 0.717) is 28.7 Å². The number of nitrogens with zero attached hydrogens (tertiary/aromatic N) is 1. The van der Waals surface area contributed by atoms with Gasteiger partial charge in [0.1, 0.15) is 42.9 Å². The predicted octanol–water partition coefficient (Wildman–Crippen LogP) is 0.176. The number of hydrogen-bond donors (Lipinski definition) is 12. The van der Waals surface area contributed by atoms with Gasteiger partial charge in [-0.05, 0) is 54.1 Å². The minimum Gasteiger partial charge on any atom is -0.480 e. The summed E-state index contributed by atoms with van der Waals surface area (Å²) in [6, 6.07) is 23.5. The highest BCUT2D eigenvalue weighted by Crippen LogP contribution is 2.24. The summed E-state index contributed by atoms with van der Waals surface area (Å²) in [6.07, 6.45) is -0.0741. The molecule has 4 aromatic carbocycles. The number of nitrogens with two attached hydrogens (primary N) is 2. The van der Waals surface area contributed by atoms with E-state index in [9.17, 15) is 53.4 Å². The van der Waals surface area contributed by atoms with Crippen LogP contribution in [0.4, 0.5) is 0 Å². The SMILES string of the molecule is CN(C(=O)CO)[C@H]1NC(=O)[C@H](CCCCN)NC(=O)[C@@H](Cc2c[nH]c3ccccc23)NC(=O)[C@H](Cc2ccccc2)NC(=O)[C@H](Cc2ccccc2)NC(=O)[C@@H](N)CSSC[C@@H](C(=O)O)NC(=O)[C@H](Cc2ccccc2)NC1=O. The molecule has 24 heteroatoms. The highest BCUT2D eigenvalue weighted by molar-refractivity contribution is 8.76. The van der Waals surface area contributed by atoms with Crippen molar-refractivity contribution in [2.24, 2.45) is 11.5 Å². The summed E-state index contributed by atoms with van der Waals surface area (Å²) in [4.78, 5) is 131. The number of para-hydroxylation sites is 1. The first kappa shape index (κ1) is 60.5. The summed E-state index contributed by atoms with van der Waals surface area (Å²) in [5.74, 6) is -8.97. The van der Waals surface area contributed by atoms with Crippen molar-refractivity contribution < 1.29 is 53.4 Å². The van der Waals surface area contributed by atoms with E-state index >= 15 is 0 Å². The molecule has 8 amide bonds. The maximum absolute atomic E-state index is 14.9. The number of aliphatic hydroxyl groups excluding tert-OH is 1. The van der Waals surface area contributed by atoms with Crippen LogP contribution in [0.5, 0.6) is 0 Å². The van der Waals surface area contributed by atoms with E-state index in [-0.39, 0.29) is 56.6 Å². The van der Waals surface area contributed by atoms with Crippen molar-refractivity contribution in [2.75, 3.05) is 31.7 Å². The number of likely N-dealkylation sites (N-methyl/N-ethyl adjacent to an activating group) is 1. The third-order valence-corrected chi connectivity index (χ3v) is 15.5. The van der Waals surface area contributed by atoms with Crippen LogP contribution in [0.3, 0.4) is 0 Å². The smallest absolute Gasteiger partial charge is 0.327 e. The minimum absolute atomic E-state index is 0.0254. The van der Waals surface area contributed by atoms with Crippen LogP contribution in [0.15, 0.2) is 121 Å². The third-order valence-electron chi connectivity index (χ3n) is 13.0. The van der Waals surface area contributed by atoms with Crippen LogP contribution < -0.4 is 48.7 Å². The summed E-state index contributed by atoms with van der Waals surface area (Å²) in [7, 11) is 3.15. The van der Waals surface area contributed by atoms with E-state index in [4.69, 9.17) is 11.5 Å². The Balaban J connectivity index is 1.42. The van der Waals surface area contributed by atoms with Gasteiger partial charge in [0.05, 0.1) is 6.04 Å². The molecule has 0 unspecified atom stereocenters. The van der Waals surface area contributed by atoms with Crippen molar-refractivity contribution in [2.45, 2.75) is 93.4 Å². The quantitative estimate of drug-likeness (QED) is 0.0492. The molecule has 2 heterocycles. The number of H-pyrrole nitrogens is 1. The zero-order chi connectivity index (χ0) is 56.8. The Labute approximate surface area is 464 Å². The van der Waals surface area contributed by atoms with Gasteiger partial charge < -0.3 is 68.8 Å².